The summed E-state index contributed by atoms with van der Waals surface area (Å²) in [6.07, 6.45) is 1.03. The Hall–Kier alpha value is -1.31. The Kier molecular flexibility index (Phi) is 3.70. The molecule has 1 aliphatic rings. The lowest BCUT2D eigenvalue weighted by molar-refractivity contribution is -0.0794. The van der Waals surface area contributed by atoms with E-state index in [-0.39, 0.29) is 22.5 Å². The molecule has 1 aromatic rings. The SMILES string of the molecule is COC1CC(Nc2cc(S(N)(=O)=O)ccc2N)C1(C)C. The van der Waals surface area contributed by atoms with E-state index in [1.165, 1.54) is 12.1 Å². The van der Waals surface area contributed by atoms with E-state index in [0.717, 1.165) is 6.42 Å². The second-order valence-corrected chi connectivity index (χ2v) is 7.33. The Labute approximate surface area is 119 Å². The van der Waals surface area contributed by atoms with Crippen LogP contribution in [0.15, 0.2) is 23.1 Å². The number of primary sulfonamides is 1. The predicted octanol–water partition coefficient (Wildman–Crippen LogP) is 1.14. The minimum Gasteiger partial charge on any atom is -0.397 e. The Morgan fingerprint density at radius 2 is 2.05 bits per heavy atom. The van der Waals surface area contributed by atoms with Crippen molar-refractivity contribution in [3.63, 3.8) is 0 Å². The van der Waals surface area contributed by atoms with E-state index in [1.807, 2.05) is 0 Å². The molecule has 0 radical (unpaired) electrons. The number of methoxy groups -OCH3 is 1. The van der Waals surface area contributed by atoms with Crippen molar-refractivity contribution in [1.82, 2.24) is 0 Å². The second kappa shape index (κ2) is 4.91. The molecule has 6 nitrogen and oxygen atoms in total. The molecule has 0 heterocycles. The third kappa shape index (κ3) is 2.61. The number of hydrogen-bond acceptors (Lipinski definition) is 5. The summed E-state index contributed by atoms with van der Waals surface area (Å²) >= 11 is 0. The molecule has 1 saturated carbocycles. The molecule has 0 saturated heterocycles. The van der Waals surface area contributed by atoms with Gasteiger partial charge in [0.25, 0.3) is 0 Å². The molecule has 1 fully saturated rings. The van der Waals surface area contributed by atoms with Crippen LogP contribution in [0.3, 0.4) is 0 Å². The summed E-state index contributed by atoms with van der Waals surface area (Å²) in [6.45, 7) is 4.20. The molecule has 2 unspecified atom stereocenters. The monoisotopic (exact) mass is 299 g/mol. The molecular weight excluding hydrogens is 278 g/mol. The number of rotatable bonds is 4. The average molecular weight is 299 g/mol. The van der Waals surface area contributed by atoms with Crippen molar-refractivity contribution in [2.24, 2.45) is 10.6 Å². The second-order valence-electron chi connectivity index (χ2n) is 5.77. The van der Waals surface area contributed by atoms with Crippen LogP contribution in [0.25, 0.3) is 0 Å². The first-order valence-corrected chi connectivity index (χ1v) is 7.92. The number of nitrogens with two attached hydrogens (primary N) is 2. The Balaban J connectivity index is 2.23. The van der Waals surface area contributed by atoms with Gasteiger partial charge in [0.15, 0.2) is 0 Å². The maximum Gasteiger partial charge on any atom is 0.238 e. The van der Waals surface area contributed by atoms with Crippen molar-refractivity contribution in [3.8, 4) is 0 Å². The highest BCUT2D eigenvalue weighted by atomic mass is 32.2. The van der Waals surface area contributed by atoms with Crippen LogP contribution in [-0.4, -0.2) is 27.7 Å². The van der Waals surface area contributed by atoms with Crippen molar-refractivity contribution < 1.29 is 13.2 Å². The fraction of sp³-hybridized carbons (Fsp3) is 0.538. The zero-order chi connectivity index (χ0) is 15.1. The maximum atomic E-state index is 11.4. The van der Waals surface area contributed by atoms with Gasteiger partial charge in [0, 0.05) is 18.6 Å². The highest BCUT2D eigenvalue weighted by molar-refractivity contribution is 7.89. The molecule has 0 aliphatic heterocycles. The zero-order valence-electron chi connectivity index (χ0n) is 11.9. The molecule has 5 N–H and O–H groups in total. The van der Waals surface area contributed by atoms with Crippen LogP contribution < -0.4 is 16.2 Å². The van der Waals surface area contributed by atoms with Crippen LogP contribution in [0.1, 0.15) is 20.3 Å². The molecule has 2 rings (SSSR count). The predicted molar refractivity (Wildman–Crippen MR) is 78.8 cm³/mol. The molecule has 7 heteroatoms. The first kappa shape index (κ1) is 15.1. The number of ether oxygens (including phenoxy) is 1. The van der Waals surface area contributed by atoms with Crippen LogP contribution in [0, 0.1) is 5.41 Å². The van der Waals surface area contributed by atoms with E-state index in [2.05, 4.69) is 19.2 Å². The molecule has 0 bridgehead atoms. The van der Waals surface area contributed by atoms with Crippen molar-refractivity contribution in [2.75, 3.05) is 18.2 Å². The quantitative estimate of drug-likeness (QED) is 0.723. The normalized spacial score (nSPS) is 25.0. The third-order valence-electron chi connectivity index (χ3n) is 4.15. The van der Waals surface area contributed by atoms with Gasteiger partial charge >= 0.3 is 0 Å². The number of nitrogens with one attached hydrogen (secondary N) is 1. The van der Waals surface area contributed by atoms with Gasteiger partial charge in [-0.1, -0.05) is 13.8 Å². The lowest BCUT2D eigenvalue weighted by Gasteiger charge is -2.51. The minimum atomic E-state index is -3.73. The van der Waals surface area contributed by atoms with Gasteiger partial charge in [-0.2, -0.15) is 0 Å². The molecule has 112 valence electrons. The number of anilines is 2. The number of hydrogen-bond donors (Lipinski definition) is 3. The smallest absolute Gasteiger partial charge is 0.238 e. The molecule has 20 heavy (non-hydrogen) atoms. The van der Waals surface area contributed by atoms with Crippen molar-refractivity contribution >= 4 is 21.4 Å². The molecule has 0 aromatic heterocycles. The Bertz CT molecular complexity index is 613. The van der Waals surface area contributed by atoms with Gasteiger partial charge in [-0.25, -0.2) is 13.6 Å². The van der Waals surface area contributed by atoms with E-state index in [0.29, 0.717) is 11.4 Å². The standard InChI is InChI=1S/C13H21N3O3S/c1-13(2)11(7-12(13)19-3)16-10-6-8(20(15,17)18)4-5-9(10)14/h4-6,11-12,16H,7,14H2,1-3H3,(H2,15,17,18). The van der Waals surface area contributed by atoms with Gasteiger partial charge in [-0.15, -0.1) is 0 Å². The number of sulfonamides is 1. The molecule has 0 amide bonds. The third-order valence-corrected chi connectivity index (χ3v) is 5.06. The fourth-order valence-corrected chi connectivity index (χ4v) is 3.10. The molecule has 2 atom stereocenters. The van der Waals surface area contributed by atoms with Crippen molar-refractivity contribution in [3.05, 3.63) is 18.2 Å². The molecule has 1 aromatic carbocycles. The van der Waals surface area contributed by atoms with E-state index in [4.69, 9.17) is 15.6 Å². The molecule has 0 spiro atoms. The van der Waals surface area contributed by atoms with E-state index >= 15 is 0 Å². The van der Waals surface area contributed by atoms with Crippen LogP contribution in [0.4, 0.5) is 11.4 Å². The maximum absolute atomic E-state index is 11.4. The first-order chi connectivity index (χ1) is 9.16. The van der Waals surface area contributed by atoms with Gasteiger partial charge in [-0.3, -0.25) is 0 Å². The van der Waals surface area contributed by atoms with E-state index < -0.39 is 10.0 Å². The summed E-state index contributed by atoms with van der Waals surface area (Å²) in [7, 11) is -2.04. The van der Waals surface area contributed by atoms with Crippen LogP contribution in [0.2, 0.25) is 0 Å². The van der Waals surface area contributed by atoms with Crippen LogP contribution >= 0.6 is 0 Å². The van der Waals surface area contributed by atoms with Gasteiger partial charge in [0.05, 0.1) is 22.4 Å². The number of nitrogen functional groups attached to an aromatic ring is 1. The van der Waals surface area contributed by atoms with E-state index in [1.54, 1.807) is 13.2 Å². The largest absolute Gasteiger partial charge is 0.397 e. The van der Waals surface area contributed by atoms with Gasteiger partial charge in [-0.05, 0) is 24.6 Å². The lowest BCUT2D eigenvalue weighted by Crippen LogP contribution is -2.57. The highest BCUT2D eigenvalue weighted by Crippen LogP contribution is 2.44. The molecular formula is C13H21N3O3S. The summed E-state index contributed by atoms with van der Waals surface area (Å²) in [5.74, 6) is 0. The Morgan fingerprint density at radius 3 is 2.55 bits per heavy atom. The fourth-order valence-electron chi connectivity index (χ4n) is 2.56. The highest BCUT2D eigenvalue weighted by Gasteiger charge is 2.48. The first-order valence-electron chi connectivity index (χ1n) is 6.38. The summed E-state index contributed by atoms with van der Waals surface area (Å²) in [5, 5.41) is 8.42. The summed E-state index contributed by atoms with van der Waals surface area (Å²) in [5.41, 5.74) is 6.92. The summed E-state index contributed by atoms with van der Waals surface area (Å²) < 4.78 is 28.2. The van der Waals surface area contributed by atoms with Crippen LogP contribution in [-0.2, 0) is 14.8 Å². The summed E-state index contributed by atoms with van der Waals surface area (Å²) in [6, 6.07) is 4.59. The zero-order valence-corrected chi connectivity index (χ0v) is 12.7. The van der Waals surface area contributed by atoms with E-state index in [9.17, 15) is 8.42 Å². The lowest BCUT2D eigenvalue weighted by atomic mass is 9.64. The van der Waals surface area contributed by atoms with Gasteiger partial charge in [0.2, 0.25) is 10.0 Å². The number of benzene rings is 1. The topological polar surface area (TPSA) is 107 Å². The van der Waals surface area contributed by atoms with Crippen LogP contribution in [0.5, 0.6) is 0 Å². The summed E-state index contributed by atoms with van der Waals surface area (Å²) in [4.78, 5) is 0.0506. The van der Waals surface area contributed by atoms with Crippen molar-refractivity contribution in [2.45, 2.75) is 37.3 Å². The average Bonchev–Trinajstić information content (AvgIpc) is 2.34. The van der Waals surface area contributed by atoms with Gasteiger partial charge in [0.1, 0.15) is 0 Å². The van der Waals surface area contributed by atoms with Crippen molar-refractivity contribution in [1.29, 1.82) is 0 Å². The minimum absolute atomic E-state index is 0.0429. The molecule has 1 aliphatic carbocycles. The Morgan fingerprint density at radius 1 is 1.40 bits per heavy atom. The van der Waals surface area contributed by atoms with Gasteiger partial charge < -0.3 is 15.8 Å².